The van der Waals surface area contributed by atoms with Gasteiger partial charge in [-0.2, -0.15) is 9.60 Å². The Kier molecular flexibility index (Phi) is 7.27. The van der Waals surface area contributed by atoms with Gasteiger partial charge in [-0.15, -0.1) is 0 Å². The van der Waals surface area contributed by atoms with Gasteiger partial charge in [0, 0.05) is 36.5 Å². The summed E-state index contributed by atoms with van der Waals surface area (Å²) in [5.41, 5.74) is 4.32. The molecule has 4 rings (SSSR count). The van der Waals surface area contributed by atoms with Crippen molar-refractivity contribution in [1.29, 1.82) is 5.26 Å². The lowest BCUT2D eigenvalue weighted by atomic mass is 9.86. The van der Waals surface area contributed by atoms with E-state index in [1.54, 1.807) is 0 Å². The molecule has 2 aliphatic rings. The molecule has 1 aliphatic carbocycles. The summed E-state index contributed by atoms with van der Waals surface area (Å²) in [6.45, 7) is 1.30. The molecule has 8 nitrogen and oxygen atoms in total. The van der Waals surface area contributed by atoms with E-state index in [-0.39, 0.29) is 22.2 Å². The number of nitrogens with one attached hydrogen (secondary N) is 2. The highest BCUT2D eigenvalue weighted by atomic mass is 32.2. The third-order valence-electron chi connectivity index (χ3n) is 5.90. The van der Waals surface area contributed by atoms with Gasteiger partial charge in [0.25, 0.3) is 5.91 Å². The van der Waals surface area contributed by atoms with E-state index < -0.39 is 0 Å². The fourth-order valence-corrected chi connectivity index (χ4v) is 4.94. The Labute approximate surface area is 191 Å². The molecule has 2 aromatic rings. The normalized spacial score (nSPS) is 17.9. The molecular formula is C23H26N4O4S. The van der Waals surface area contributed by atoms with Gasteiger partial charge in [-0.1, -0.05) is 12.1 Å². The van der Waals surface area contributed by atoms with Crippen LogP contribution in [0.5, 0.6) is 0 Å². The Morgan fingerprint density at radius 2 is 2.19 bits per heavy atom. The van der Waals surface area contributed by atoms with E-state index in [4.69, 9.17) is 19.2 Å². The summed E-state index contributed by atoms with van der Waals surface area (Å²) in [4.78, 5) is 24.4. The van der Waals surface area contributed by atoms with E-state index in [0.717, 1.165) is 48.9 Å². The molecule has 1 saturated heterocycles. The molecule has 0 radical (unpaired) electrons. The molecule has 2 heterocycles. The smallest absolute Gasteiger partial charge is 0.291 e. The summed E-state index contributed by atoms with van der Waals surface area (Å²) in [7, 11) is 1.50. The van der Waals surface area contributed by atoms with E-state index >= 15 is 0 Å². The molecule has 1 fully saturated rings. The monoisotopic (exact) mass is 454 g/mol. The summed E-state index contributed by atoms with van der Waals surface area (Å²) < 4.78 is 10.6. The quantitative estimate of drug-likeness (QED) is 0.354. The molecule has 1 aliphatic heterocycles. The first-order chi connectivity index (χ1) is 15.6. The number of aromatic amines is 1. The molecule has 1 aromatic heterocycles. The Morgan fingerprint density at radius 1 is 1.34 bits per heavy atom. The predicted octanol–water partition coefficient (Wildman–Crippen LogP) is 4.72. The first kappa shape index (κ1) is 22.6. The summed E-state index contributed by atoms with van der Waals surface area (Å²) in [6.07, 6.45) is 9.49. The minimum Gasteiger partial charge on any atom is -0.381 e. The predicted molar refractivity (Wildman–Crippen MR) is 122 cm³/mol. The van der Waals surface area contributed by atoms with Crippen LogP contribution in [0.25, 0.3) is 5.57 Å². The molecule has 0 saturated carbocycles. The second kappa shape index (κ2) is 10.3. The zero-order valence-corrected chi connectivity index (χ0v) is 18.8. The first-order valence-electron chi connectivity index (χ1n) is 10.7. The number of benzene rings is 1. The number of allylic oxidation sites excluding steroid dienone is 2. The SMILES string of the molecule is COOSC1(c2ccc(NC(=O)c3ncc(C#N)[nH]3)c(C3=CCCCC3)c2)CCOCC1. The molecule has 168 valence electrons. The maximum absolute atomic E-state index is 12.8. The number of ether oxygens (including phenoxy) is 1. The molecule has 9 heteroatoms. The van der Waals surface area contributed by atoms with Crippen LogP contribution >= 0.6 is 12.0 Å². The van der Waals surface area contributed by atoms with Gasteiger partial charge >= 0.3 is 0 Å². The average Bonchev–Trinajstić information content (AvgIpc) is 3.34. The van der Waals surface area contributed by atoms with Crippen LogP contribution in [0.2, 0.25) is 0 Å². The van der Waals surface area contributed by atoms with Crippen LogP contribution in [0.15, 0.2) is 30.5 Å². The number of hydrogen-bond donors (Lipinski definition) is 2. The second-order valence-electron chi connectivity index (χ2n) is 7.87. The largest absolute Gasteiger partial charge is 0.381 e. The molecule has 0 bridgehead atoms. The molecule has 0 spiro atoms. The van der Waals surface area contributed by atoms with Crippen molar-refractivity contribution in [3.63, 3.8) is 0 Å². The number of carbonyl (C=O) groups excluding carboxylic acids is 1. The number of rotatable bonds is 7. The van der Waals surface area contributed by atoms with Crippen molar-refractivity contribution >= 4 is 29.2 Å². The van der Waals surface area contributed by atoms with Crippen molar-refractivity contribution in [2.24, 2.45) is 0 Å². The van der Waals surface area contributed by atoms with E-state index in [0.29, 0.717) is 13.2 Å². The fraction of sp³-hybridized carbons (Fsp3) is 0.435. The Morgan fingerprint density at radius 3 is 2.88 bits per heavy atom. The third kappa shape index (κ3) is 4.89. The molecule has 1 aromatic carbocycles. The topological polar surface area (TPSA) is 109 Å². The average molecular weight is 455 g/mol. The number of aromatic nitrogens is 2. The van der Waals surface area contributed by atoms with Gasteiger partial charge in [0.05, 0.1) is 18.1 Å². The van der Waals surface area contributed by atoms with E-state index in [1.807, 2.05) is 18.2 Å². The van der Waals surface area contributed by atoms with Crippen molar-refractivity contribution in [1.82, 2.24) is 9.97 Å². The van der Waals surface area contributed by atoms with Gasteiger partial charge in [-0.25, -0.2) is 9.87 Å². The van der Waals surface area contributed by atoms with Gasteiger partial charge in [0.15, 0.2) is 5.82 Å². The minimum atomic E-state index is -0.380. The first-order valence-corrected chi connectivity index (χ1v) is 11.5. The zero-order valence-electron chi connectivity index (χ0n) is 18.0. The van der Waals surface area contributed by atoms with Crippen molar-refractivity contribution in [3.05, 3.63) is 53.1 Å². The third-order valence-corrected chi connectivity index (χ3v) is 7.07. The maximum atomic E-state index is 12.8. The number of imidazole rings is 1. The Balaban J connectivity index is 1.69. The highest BCUT2D eigenvalue weighted by Gasteiger charge is 2.37. The van der Waals surface area contributed by atoms with E-state index in [2.05, 4.69) is 27.4 Å². The van der Waals surface area contributed by atoms with Crippen LogP contribution in [-0.4, -0.2) is 36.2 Å². The van der Waals surface area contributed by atoms with Crippen LogP contribution in [0, 0.1) is 11.3 Å². The standard InChI is InChI=1S/C23H26N4O4S/c1-29-31-32-23(9-11-30-12-10-23)17-7-8-20(19(13-17)16-5-3-2-4-6-16)27-22(28)21-25-15-18(14-24)26-21/h5,7-8,13,15H,2-4,6,9-12H2,1H3,(H,25,26)(H,27,28). The van der Waals surface area contributed by atoms with Gasteiger partial charge in [-0.05, 0) is 61.8 Å². The lowest BCUT2D eigenvalue weighted by Crippen LogP contribution is -2.31. The van der Waals surface area contributed by atoms with E-state index in [9.17, 15) is 4.79 Å². The number of nitrogens with zero attached hydrogens (tertiary/aromatic N) is 2. The number of amides is 1. The molecule has 2 N–H and O–H groups in total. The second-order valence-corrected chi connectivity index (χ2v) is 8.96. The van der Waals surface area contributed by atoms with Crippen LogP contribution in [0.1, 0.15) is 66.0 Å². The number of anilines is 1. The van der Waals surface area contributed by atoms with Gasteiger partial charge in [-0.3, -0.25) is 4.79 Å². The number of carbonyl (C=O) groups is 1. The van der Waals surface area contributed by atoms with Crippen molar-refractivity contribution in [2.75, 3.05) is 25.6 Å². The van der Waals surface area contributed by atoms with Crippen LogP contribution in [0.3, 0.4) is 0 Å². The van der Waals surface area contributed by atoms with Gasteiger partial charge in [0.2, 0.25) is 0 Å². The molecule has 0 atom stereocenters. The van der Waals surface area contributed by atoms with Crippen molar-refractivity contribution in [3.8, 4) is 6.07 Å². The Bertz CT molecular complexity index is 1040. The lowest BCUT2D eigenvalue weighted by Gasteiger charge is -2.36. The molecule has 32 heavy (non-hydrogen) atoms. The summed E-state index contributed by atoms with van der Waals surface area (Å²) in [5, 5.41) is 12.0. The highest BCUT2D eigenvalue weighted by molar-refractivity contribution is 7.95. The van der Waals surface area contributed by atoms with Crippen LogP contribution < -0.4 is 5.32 Å². The molecule has 0 unspecified atom stereocenters. The van der Waals surface area contributed by atoms with Gasteiger partial charge < -0.3 is 15.0 Å². The summed E-state index contributed by atoms with van der Waals surface area (Å²) >= 11 is 1.32. The minimum absolute atomic E-state index is 0.110. The molecule has 1 amide bonds. The number of H-pyrrole nitrogens is 1. The zero-order chi connectivity index (χ0) is 22.4. The van der Waals surface area contributed by atoms with Gasteiger partial charge in [0.1, 0.15) is 11.8 Å². The van der Waals surface area contributed by atoms with Crippen molar-refractivity contribution < 1.29 is 18.8 Å². The van der Waals surface area contributed by atoms with Crippen molar-refractivity contribution in [2.45, 2.75) is 43.3 Å². The molecular weight excluding hydrogens is 428 g/mol. The number of hydrogen-bond acceptors (Lipinski definition) is 7. The van der Waals surface area contributed by atoms with Crippen LogP contribution in [0.4, 0.5) is 5.69 Å². The fourth-order valence-electron chi connectivity index (χ4n) is 4.18. The highest BCUT2D eigenvalue weighted by Crippen LogP contribution is 2.47. The van der Waals surface area contributed by atoms with E-state index in [1.165, 1.54) is 37.3 Å². The summed E-state index contributed by atoms with van der Waals surface area (Å²) in [6, 6.07) is 8.08. The Hall–Kier alpha value is -2.64. The summed E-state index contributed by atoms with van der Waals surface area (Å²) in [5.74, 6) is -0.270. The van der Waals surface area contributed by atoms with Crippen LogP contribution in [-0.2, 0) is 18.7 Å². The number of nitriles is 1. The lowest BCUT2D eigenvalue weighted by molar-refractivity contribution is -0.162. The maximum Gasteiger partial charge on any atom is 0.291 e.